The Hall–Kier alpha value is -1.20. The van der Waals surface area contributed by atoms with Crippen molar-refractivity contribution in [2.24, 2.45) is 0 Å². The summed E-state index contributed by atoms with van der Waals surface area (Å²) in [6.07, 6.45) is 2.00. The fourth-order valence-electron chi connectivity index (χ4n) is 1.59. The molecule has 0 amide bonds. The normalized spacial score (nSPS) is 11.0. The molecule has 18 heavy (non-hydrogen) atoms. The van der Waals surface area contributed by atoms with Gasteiger partial charge in [-0.2, -0.15) is 0 Å². The van der Waals surface area contributed by atoms with Gasteiger partial charge in [-0.3, -0.25) is 0 Å². The molecule has 0 radical (unpaired) electrons. The van der Waals surface area contributed by atoms with Crippen molar-refractivity contribution in [2.45, 2.75) is 19.8 Å². The van der Waals surface area contributed by atoms with E-state index < -0.39 is 0 Å². The molecule has 0 spiro atoms. The van der Waals surface area contributed by atoms with Crippen molar-refractivity contribution in [2.75, 3.05) is 25.1 Å². The molecule has 0 saturated carbocycles. The molecule has 0 fully saturated rings. The van der Waals surface area contributed by atoms with Crippen LogP contribution in [0, 0.1) is 5.82 Å². The van der Waals surface area contributed by atoms with Crippen molar-refractivity contribution in [1.29, 1.82) is 0 Å². The first-order valence-corrected chi connectivity index (χ1v) is 6.99. The van der Waals surface area contributed by atoms with Crippen LogP contribution in [-0.2, 0) is 4.74 Å². The van der Waals surface area contributed by atoms with Gasteiger partial charge >= 0.3 is 0 Å². The average molecular weight is 268 g/mol. The van der Waals surface area contributed by atoms with Crippen LogP contribution in [-0.4, -0.2) is 24.7 Å². The second-order valence-electron chi connectivity index (χ2n) is 4.02. The molecule has 0 saturated heterocycles. The number of benzene rings is 1. The molecule has 1 heterocycles. The summed E-state index contributed by atoms with van der Waals surface area (Å²) in [6.45, 7) is 4.51. The van der Waals surface area contributed by atoms with Gasteiger partial charge in [0.15, 0.2) is 5.13 Å². The second-order valence-corrected chi connectivity index (χ2v) is 5.05. The highest BCUT2D eigenvalue weighted by atomic mass is 32.1. The molecule has 98 valence electrons. The zero-order valence-electron chi connectivity index (χ0n) is 10.4. The fourth-order valence-corrected chi connectivity index (χ4v) is 2.51. The second kappa shape index (κ2) is 6.66. The maximum absolute atomic E-state index is 13.0. The molecule has 1 aromatic heterocycles. The van der Waals surface area contributed by atoms with Gasteiger partial charge in [0.25, 0.3) is 0 Å². The van der Waals surface area contributed by atoms with E-state index in [9.17, 15) is 4.39 Å². The van der Waals surface area contributed by atoms with Crippen molar-refractivity contribution in [3.63, 3.8) is 0 Å². The van der Waals surface area contributed by atoms with E-state index in [4.69, 9.17) is 4.74 Å². The Bertz CT molecular complexity index is 501. The Kier molecular flexibility index (Phi) is 4.90. The van der Waals surface area contributed by atoms with Crippen LogP contribution in [0.4, 0.5) is 9.52 Å². The zero-order valence-corrected chi connectivity index (χ0v) is 11.2. The summed E-state index contributed by atoms with van der Waals surface area (Å²) < 4.78 is 19.3. The molecule has 0 aliphatic carbocycles. The predicted molar refractivity (Wildman–Crippen MR) is 73.8 cm³/mol. The van der Waals surface area contributed by atoms with Crippen LogP contribution in [0.25, 0.3) is 10.2 Å². The number of hydrogen-bond acceptors (Lipinski definition) is 4. The molecule has 2 rings (SSSR count). The van der Waals surface area contributed by atoms with Crippen LogP contribution in [0.3, 0.4) is 0 Å². The molecule has 0 atom stereocenters. The number of aromatic nitrogens is 1. The predicted octanol–water partition coefficient (Wildman–Crippen LogP) is 3.66. The summed E-state index contributed by atoms with van der Waals surface area (Å²) in [4.78, 5) is 4.39. The first kappa shape index (κ1) is 13.2. The lowest BCUT2D eigenvalue weighted by Gasteiger charge is -2.03. The molecule has 0 bridgehead atoms. The minimum atomic E-state index is -0.217. The average Bonchev–Trinajstić information content (AvgIpc) is 2.75. The Balaban J connectivity index is 1.81. The quantitative estimate of drug-likeness (QED) is 0.778. The molecular formula is C13H17FN2OS. The molecule has 1 aromatic carbocycles. The Morgan fingerprint density at radius 1 is 1.39 bits per heavy atom. The van der Waals surface area contributed by atoms with Crippen molar-refractivity contribution >= 4 is 26.7 Å². The largest absolute Gasteiger partial charge is 0.381 e. The van der Waals surface area contributed by atoms with E-state index in [1.165, 1.54) is 23.5 Å². The van der Waals surface area contributed by atoms with Gasteiger partial charge < -0.3 is 10.1 Å². The van der Waals surface area contributed by atoms with Crippen molar-refractivity contribution in [3.05, 3.63) is 24.0 Å². The standard InChI is InChI=1S/C13H17FN2OS/c1-2-7-17-8-3-6-15-13-16-11-5-4-10(14)9-12(11)18-13/h4-5,9H,2-3,6-8H2,1H3,(H,15,16). The monoisotopic (exact) mass is 268 g/mol. The van der Waals surface area contributed by atoms with Gasteiger partial charge in [0.1, 0.15) is 5.82 Å². The van der Waals surface area contributed by atoms with Gasteiger partial charge in [0.2, 0.25) is 0 Å². The molecule has 0 aliphatic rings. The van der Waals surface area contributed by atoms with Gasteiger partial charge in [0, 0.05) is 19.8 Å². The molecular weight excluding hydrogens is 251 g/mol. The Morgan fingerprint density at radius 2 is 2.28 bits per heavy atom. The molecule has 0 aliphatic heterocycles. The molecule has 0 unspecified atom stereocenters. The highest BCUT2D eigenvalue weighted by Gasteiger charge is 2.03. The number of fused-ring (bicyclic) bond motifs is 1. The van der Waals surface area contributed by atoms with Crippen LogP contribution >= 0.6 is 11.3 Å². The minimum Gasteiger partial charge on any atom is -0.381 e. The molecule has 3 nitrogen and oxygen atoms in total. The fraction of sp³-hybridized carbons (Fsp3) is 0.462. The van der Waals surface area contributed by atoms with E-state index in [-0.39, 0.29) is 5.82 Å². The van der Waals surface area contributed by atoms with Crippen LogP contribution in [0.5, 0.6) is 0 Å². The summed E-state index contributed by atoms with van der Waals surface area (Å²) in [6, 6.07) is 4.66. The molecule has 1 N–H and O–H groups in total. The highest BCUT2D eigenvalue weighted by Crippen LogP contribution is 2.26. The maximum atomic E-state index is 13.0. The maximum Gasteiger partial charge on any atom is 0.183 e. The van der Waals surface area contributed by atoms with Gasteiger partial charge in [0.05, 0.1) is 10.2 Å². The number of nitrogens with one attached hydrogen (secondary N) is 1. The number of halogens is 1. The SMILES string of the molecule is CCCOCCCNc1nc2ccc(F)cc2s1. The lowest BCUT2D eigenvalue weighted by atomic mass is 10.3. The number of rotatable bonds is 7. The smallest absolute Gasteiger partial charge is 0.183 e. The van der Waals surface area contributed by atoms with E-state index in [1.54, 1.807) is 6.07 Å². The zero-order chi connectivity index (χ0) is 12.8. The summed E-state index contributed by atoms with van der Waals surface area (Å²) in [7, 11) is 0. The van der Waals surface area contributed by atoms with E-state index in [1.807, 2.05) is 0 Å². The van der Waals surface area contributed by atoms with Crippen molar-refractivity contribution < 1.29 is 9.13 Å². The Labute approximate surface area is 110 Å². The number of hydrogen-bond donors (Lipinski definition) is 1. The number of nitrogens with zero attached hydrogens (tertiary/aromatic N) is 1. The van der Waals surface area contributed by atoms with E-state index in [0.717, 1.165) is 47.9 Å². The number of thiazole rings is 1. The van der Waals surface area contributed by atoms with Crippen LogP contribution < -0.4 is 5.32 Å². The molecule has 5 heteroatoms. The van der Waals surface area contributed by atoms with Gasteiger partial charge in [-0.05, 0) is 31.0 Å². The minimum absolute atomic E-state index is 0.217. The van der Waals surface area contributed by atoms with Crippen LogP contribution in [0.15, 0.2) is 18.2 Å². The topological polar surface area (TPSA) is 34.1 Å². The van der Waals surface area contributed by atoms with E-state index >= 15 is 0 Å². The van der Waals surface area contributed by atoms with E-state index in [2.05, 4.69) is 17.2 Å². The molecule has 2 aromatic rings. The lowest BCUT2D eigenvalue weighted by Crippen LogP contribution is -2.05. The number of ether oxygens (including phenoxy) is 1. The third-order valence-corrected chi connectivity index (χ3v) is 3.42. The third kappa shape index (κ3) is 3.65. The summed E-state index contributed by atoms with van der Waals surface area (Å²) >= 11 is 1.48. The van der Waals surface area contributed by atoms with E-state index in [0.29, 0.717) is 0 Å². The summed E-state index contributed by atoms with van der Waals surface area (Å²) in [5, 5.41) is 4.07. The van der Waals surface area contributed by atoms with Gasteiger partial charge in [-0.1, -0.05) is 18.3 Å². The van der Waals surface area contributed by atoms with Gasteiger partial charge in [-0.15, -0.1) is 0 Å². The Morgan fingerprint density at radius 3 is 3.11 bits per heavy atom. The van der Waals surface area contributed by atoms with Crippen molar-refractivity contribution in [1.82, 2.24) is 4.98 Å². The van der Waals surface area contributed by atoms with Crippen LogP contribution in [0.1, 0.15) is 19.8 Å². The highest BCUT2D eigenvalue weighted by molar-refractivity contribution is 7.22. The first-order chi connectivity index (χ1) is 8.79. The third-order valence-electron chi connectivity index (χ3n) is 2.44. The van der Waals surface area contributed by atoms with Crippen LogP contribution in [0.2, 0.25) is 0 Å². The first-order valence-electron chi connectivity index (χ1n) is 6.17. The summed E-state index contributed by atoms with van der Waals surface area (Å²) in [5.41, 5.74) is 0.839. The summed E-state index contributed by atoms with van der Waals surface area (Å²) in [5.74, 6) is -0.217. The van der Waals surface area contributed by atoms with Crippen molar-refractivity contribution in [3.8, 4) is 0 Å². The number of anilines is 1. The lowest BCUT2D eigenvalue weighted by molar-refractivity contribution is 0.134. The van der Waals surface area contributed by atoms with Gasteiger partial charge in [-0.25, -0.2) is 9.37 Å².